The number of carbonyl (C=O) groups excluding carboxylic acids is 1. The molecule has 0 aliphatic heterocycles. The van der Waals surface area contributed by atoms with E-state index in [1.165, 1.54) is 24.3 Å². The number of phenols is 1. The first kappa shape index (κ1) is 13.1. The normalized spacial score (nSPS) is 10.2. The summed E-state index contributed by atoms with van der Waals surface area (Å²) in [7, 11) is 0. The number of rotatable bonds is 3. The van der Waals surface area contributed by atoms with Gasteiger partial charge in [-0.05, 0) is 42.8 Å². The molecule has 1 amide bonds. The number of thiophene rings is 1. The van der Waals surface area contributed by atoms with E-state index in [0.29, 0.717) is 16.1 Å². The minimum atomic E-state index is -1.01. The Kier molecular flexibility index (Phi) is 3.52. The number of aromatic hydroxyl groups is 1. The van der Waals surface area contributed by atoms with Gasteiger partial charge in [-0.25, -0.2) is 4.79 Å². The molecule has 1 aromatic carbocycles. The Morgan fingerprint density at radius 1 is 1.21 bits per heavy atom. The molecule has 5 nitrogen and oxygen atoms in total. The van der Waals surface area contributed by atoms with Crippen LogP contribution in [0.5, 0.6) is 5.75 Å². The van der Waals surface area contributed by atoms with Crippen molar-refractivity contribution in [1.29, 1.82) is 0 Å². The van der Waals surface area contributed by atoms with Crippen LogP contribution in [0.25, 0.3) is 0 Å². The van der Waals surface area contributed by atoms with Crippen LogP contribution in [0.4, 0.5) is 5.00 Å². The lowest BCUT2D eigenvalue weighted by atomic mass is 10.2. The molecule has 0 saturated heterocycles. The van der Waals surface area contributed by atoms with Crippen LogP contribution in [0.15, 0.2) is 30.3 Å². The predicted molar refractivity (Wildman–Crippen MR) is 72.1 cm³/mol. The van der Waals surface area contributed by atoms with Gasteiger partial charge in [-0.2, -0.15) is 0 Å². The molecule has 6 heteroatoms. The molecular weight excluding hydrogens is 266 g/mol. The maximum absolute atomic E-state index is 11.9. The number of aryl methyl sites for hydroxylation is 1. The molecule has 19 heavy (non-hydrogen) atoms. The third-order valence-corrected chi connectivity index (χ3v) is 3.62. The van der Waals surface area contributed by atoms with Crippen molar-refractivity contribution in [3.63, 3.8) is 0 Å². The average Bonchev–Trinajstić information content (AvgIpc) is 2.71. The maximum Gasteiger partial charge on any atom is 0.346 e. The summed E-state index contributed by atoms with van der Waals surface area (Å²) >= 11 is 1.01. The Balaban J connectivity index is 2.17. The number of anilines is 1. The number of phenolic OH excluding ortho intramolecular Hbond substituents is 1. The van der Waals surface area contributed by atoms with Crippen LogP contribution in [-0.4, -0.2) is 22.1 Å². The number of hydrogen-bond donors (Lipinski definition) is 3. The molecule has 1 heterocycles. The van der Waals surface area contributed by atoms with Crippen molar-refractivity contribution >= 4 is 28.2 Å². The van der Waals surface area contributed by atoms with Gasteiger partial charge in [0.15, 0.2) is 0 Å². The number of carboxylic acid groups (broad SMARTS) is 1. The summed E-state index contributed by atoms with van der Waals surface area (Å²) in [5, 5.41) is 21.2. The third-order valence-electron chi connectivity index (χ3n) is 2.48. The van der Waals surface area contributed by atoms with Gasteiger partial charge in [0.05, 0.1) is 5.00 Å². The minimum absolute atomic E-state index is 0.0803. The molecule has 0 saturated carbocycles. The Labute approximate surface area is 113 Å². The van der Waals surface area contributed by atoms with Crippen LogP contribution in [0.3, 0.4) is 0 Å². The Morgan fingerprint density at radius 3 is 2.37 bits per heavy atom. The molecule has 0 bridgehead atoms. The first-order valence-corrected chi connectivity index (χ1v) is 6.23. The lowest BCUT2D eigenvalue weighted by Crippen LogP contribution is -2.10. The molecule has 0 aliphatic rings. The number of carbonyl (C=O) groups is 2. The highest BCUT2D eigenvalue weighted by Gasteiger charge is 2.14. The Bertz CT molecular complexity index is 631. The minimum Gasteiger partial charge on any atom is -0.508 e. The number of hydrogen-bond acceptors (Lipinski definition) is 4. The lowest BCUT2D eigenvalue weighted by Gasteiger charge is -2.02. The summed E-state index contributed by atoms with van der Waals surface area (Å²) < 4.78 is 0. The van der Waals surface area contributed by atoms with Crippen LogP contribution in [-0.2, 0) is 0 Å². The molecule has 2 aromatic rings. The van der Waals surface area contributed by atoms with Crippen molar-refractivity contribution in [1.82, 2.24) is 0 Å². The quantitative estimate of drug-likeness (QED) is 0.805. The lowest BCUT2D eigenvalue weighted by molar-refractivity contribution is 0.0701. The van der Waals surface area contributed by atoms with Crippen molar-refractivity contribution < 1.29 is 19.8 Å². The van der Waals surface area contributed by atoms with Crippen molar-refractivity contribution in [2.75, 3.05) is 5.32 Å². The van der Waals surface area contributed by atoms with E-state index in [2.05, 4.69) is 5.32 Å². The zero-order valence-corrected chi connectivity index (χ0v) is 10.8. The first-order chi connectivity index (χ1) is 8.97. The summed E-state index contributed by atoms with van der Waals surface area (Å²) in [6, 6.07) is 7.42. The van der Waals surface area contributed by atoms with Crippen LogP contribution in [0, 0.1) is 6.92 Å². The zero-order chi connectivity index (χ0) is 14.0. The van der Waals surface area contributed by atoms with Crippen LogP contribution in [0.2, 0.25) is 0 Å². The second-order valence-corrected chi connectivity index (χ2v) is 4.98. The highest BCUT2D eigenvalue weighted by Crippen LogP contribution is 2.27. The van der Waals surface area contributed by atoms with E-state index in [9.17, 15) is 9.59 Å². The van der Waals surface area contributed by atoms with Gasteiger partial charge < -0.3 is 15.5 Å². The van der Waals surface area contributed by atoms with E-state index in [1.807, 2.05) is 0 Å². The molecule has 98 valence electrons. The molecule has 3 N–H and O–H groups in total. The fraction of sp³-hybridized carbons (Fsp3) is 0.0769. The fourth-order valence-electron chi connectivity index (χ4n) is 1.55. The van der Waals surface area contributed by atoms with Gasteiger partial charge in [-0.15, -0.1) is 11.3 Å². The monoisotopic (exact) mass is 277 g/mol. The fourth-order valence-corrected chi connectivity index (χ4v) is 2.46. The molecular formula is C13H11NO4S. The summed E-state index contributed by atoms with van der Waals surface area (Å²) in [5.74, 6) is -1.28. The topological polar surface area (TPSA) is 86.6 Å². The smallest absolute Gasteiger partial charge is 0.346 e. The van der Waals surface area contributed by atoms with Crippen molar-refractivity contribution in [3.05, 3.63) is 46.3 Å². The van der Waals surface area contributed by atoms with Gasteiger partial charge in [0.2, 0.25) is 0 Å². The van der Waals surface area contributed by atoms with Gasteiger partial charge >= 0.3 is 5.97 Å². The summed E-state index contributed by atoms with van der Waals surface area (Å²) in [4.78, 5) is 23.0. The molecule has 0 fully saturated rings. The van der Waals surface area contributed by atoms with Crippen LogP contribution < -0.4 is 5.32 Å². The summed E-state index contributed by atoms with van der Waals surface area (Å²) in [5.41, 5.74) is 0.999. The molecule has 0 unspecified atom stereocenters. The van der Waals surface area contributed by atoms with Gasteiger partial charge in [0.1, 0.15) is 10.6 Å². The number of nitrogens with one attached hydrogen (secondary N) is 1. The third kappa shape index (κ3) is 2.92. The predicted octanol–water partition coefficient (Wildman–Crippen LogP) is 2.71. The standard InChI is InChI=1S/C13H11NO4S/c1-7-6-10(19-11(7)13(17)18)14-12(16)8-2-4-9(15)5-3-8/h2-6,15H,1H3,(H,14,16)(H,17,18). The SMILES string of the molecule is Cc1cc(NC(=O)c2ccc(O)cc2)sc1C(=O)O. The van der Waals surface area contributed by atoms with E-state index in [4.69, 9.17) is 10.2 Å². The average molecular weight is 277 g/mol. The van der Waals surface area contributed by atoms with E-state index < -0.39 is 5.97 Å². The molecule has 0 radical (unpaired) electrons. The summed E-state index contributed by atoms with van der Waals surface area (Å²) in [6.45, 7) is 1.68. The highest BCUT2D eigenvalue weighted by atomic mass is 32.1. The number of carboxylic acids is 1. The second kappa shape index (κ2) is 5.11. The van der Waals surface area contributed by atoms with Crippen molar-refractivity contribution in [2.45, 2.75) is 6.92 Å². The second-order valence-electron chi connectivity index (χ2n) is 3.93. The van der Waals surface area contributed by atoms with E-state index in [-0.39, 0.29) is 16.5 Å². The number of benzene rings is 1. The van der Waals surface area contributed by atoms with E-state index >= 15 is 0 Å². The molecule has 1 aromatic heterocycles. The van der Waals surface area contributed by atoms with Crippen molar-refractivity contribution in [2.24, 2.45) is 0 Å². The molecule has 0 spiro atoms. The Hall–Kier alpha value is -2.34. The van der Waals surface area contributed by atoms with Crippen molar-refractivity contribution in [3.8, 4) is 5.75 Å². The van der Waals surface area contributed by atoms with E-state index in [0.717, 1.165) is 11.3 Å². The van der Waals surface area contributed by atoms with Crippen LogP contribution in [0.1, 0.15) is 25.6 Å². The first-order valence-electron chi connectivity index (χ1n) is 5.41. The maximum atomic E-state index is 11.9. The largest absolute Gasteiger partial charge is 0.508 e. The molecule has 0 atom stereocenters. The van der Waals surface area contributed by atoms with Gasteiger partial charge in [0.25, 0.3) is 5.91 Å². The molecule has 2 rings (SSSR count). The van der Waals surface area contributed by atoms with Gasteiger partial charge in [-0.1, -0.05) is 0 Å². The van der Waals surface area contributed by atoms with Gasteiger partial charge in [0, 0.05) is 5.56 Å². The van der Waals surface area contributed by atoms with E-state index in [1.54, 1.807) is 13.0 Å². The summed E-state index contributed by atoms with van der Waals surface area (Å²) in [6.07, 6.45) is 0. The van der Waals surface area contributed by atoms with Crippen LogP contribution >= 0.6 is 11.3 Å². The highest BCUT2D eigenvalue weighted by molar-refractivity contribution is 7.18. The zero-order valence-electron chi connectivity index (χ0n) is 10.0. The van der Waals surface area contributed by atoms with Gasteiger partial charge in [-0.3, -0.25) is 4.79 Å². The number of aromatic carboxylic acids is 1. The Morgan fingerprint density at radius 2 is 1.84 bits per heavy atom. The number of amides is 1. The molecule has 0 aliphatic carbocycles.